The zero-order valence-corrected chi connectivity index (χ0v) is 8.11. The van der Waals surface area contributed by atoms with E-state index in [9.17, 15) is 0 Å². The van der Waals surface area contributed by atoms with Crippen LogP contribution in [0.25, 0.3) is 5.78 Å². The van der Waals surface area contributed by atoms with Crippen LogP contribution in [0.5, 0.6) is 0 Å². The minimum atomic E-state index is 0.572. The Labute approximate surface area is 77.8 Å². The van der Waals surface area contributed by atoms with Crippen LogP contribution in [0.2, 0.25) is 0 Å². The molecule has 0 saturated heterocycles. The quantitative estimate of drug-likeness (QED) is 0.740. The Morgan fingerprint density at radius 3 is 3.17 bits per heavy atom. The van der Waals surface area contributed by atoms with Gasteiger partial charge in [0.2, 0.25) is 4.73 Å². The van der Waals surface area contributed by atoms with E-state index < -0.39 is 0 Å². The topological polar surface area (TPSA) is 43.1 Å². The van der Waals surface area contributed by atoms with Gasteiger partial charge in [0.15, 0.2) is 0 Å². The first-order valence-electron chi connectivity index (χ1n) is 3.66. The summed E-state index contributed by atoms with van der Waals surface area (Å²) < 4.78 is 2.24. The first-order chi connectivity index (χ1) is 5.79. The Kier molecular flexibility index (Phi) is 1.80. The molecule has 0 aliphatic heterocycles. The van der Waals surface area contributed by atoms with E-state index in [1.54, 1.807) is 4.52 Å². The van der Waals surface area contributed by atoms with Crippen LogP contribution >= 0.6 is 15.9 Å². The highest BCUT2D eigenvalue weighted by Crippen LogP contribution is 2.05. The number of aromatic nitrogens is 4. The van der Waals surface area contributed by atoms with Gasteiger partial charge in [-0.1, -0.05) is 6.92 Å². The van der Waals surface area contributed by atoms with Gasteiger partial charge in [0.05, 0.1) is 0 Å². The lowest BCUT2D eigenvalue weighted by Crippen LogP contribution is -1.93. The molecule has 0 aliphatic carbocycles. The van der Waals surface area contributed by atoms with E-state index in [4.69, 9.17) is 0 Å². The molecule has 2 heterocycles. The molecule has 5 heteroatoms. The summed E-state index contributed by atoms with van der Waals surface area (Å²) in [5.41, 5.74) is 1.15. The van der Waals surface area contributed by atoms with E-state index in [1.165, 1.54) is 0 Å². The number of fused-ring (bicyclic) bond motifs is 1. The van der Waals surface area contributed by atoms with Gasteiger partial charge in [0, 0.05) is 12.4 Å². The molecule has 0 amide bonds. The molecule has 0 atom stereocenters. The molecule has 0 spiro atoms. The van der Waals surface area contributed by atoms with Crippen molar-refractivity contribution in [3.8, 4) is 0 Å². The molecule has 0 radical (unpaired) electrons. The average molecular weight is 227 g/mol. The first kappa shape index (κ1) is 7.67. The summed E-state index contributed by atoms with van der Waals surface area (Å²) in [6.45, 7) is 2.08. The van der Waals surface area contributed by atoms with Crippen molar-refractivity contribution in [1.29, 1.82) is 0 Å². The largest absolute Gasteiger partial charge is 0.253 e. The second-order valence-corrected chi connectivity index (χ2v) is 3.15. The van der Waals surface area contributed by atoms with E-state index in [0.29, 0.717) is 10.5 Å². The Bertz CT molecular complexity index is 409. The fourth-order valence-corrected chi connectivity index (χ4v) is 1.31. The van der Waals surface area contributed by atoms with Gasteiger partial charge in [-0.2, -0.15) is 4.98 Å². The summed E-state index contributed by atoms with van der Waals surface area (Å²) in [6.07, 6.45) is 4.71. The van der Waals surface area contributed by atoms with Crippen molar-refractivity contribution in [2.24, 2.45) is 0 Å². The third kappa shape index (κ3) is 1.20. The number of nitrogens with zero attached hydrogens (tertiary/aromatic N) is 4. The molecule has 0 aliphatic rings. The van der Waals surface area contributed by atoms with Gasteiger partial charge >= 0.3 is 0 Å². The summed E-state index contributed by atoms with van der Waals surface area (Å²) in [5.74, 6) is 0.624. The monoisotopic (exact) mass is 226 g/mol. The lowest BCUT2D eigenvalue weighted by molar-refractivity contribution is 0.901. The van der Waals surface area contributed by atoms with Crippen molar-refractivity contribution in [2.45, 2.75) is 13.3 Å². The SMILES string of the molecule is CCc1cnc2nc(Br)nn2c1. The molecule has 2 aromatic heterocycles. The minimum Gasteiger partial charge on any atom is -0.219 e. The number of aryl methyl sites for hydroxylation is 1. The van der Waals surface area contributed by atoms with Crippen LogP contribution in [0.4, 0.5) is 0 Å². The van der Waals surface area contributed by atoms with E-state index >= 15 is 0 Å². The van der Waals surface area contributed by atoms with Gasteiger partial charge in [0.1, 0.15) is 0 Å². The van der Waals surface area contributed by atoms with Crippen molar-refractivity contribution in [2.75, 3.05) is 0 Å². The van der Waals surface area contributed by atoms with Gasteiger partial charge in [-0.05, 0) is 27.9 Å². The van der Waals surface area contributed by atoms with Crippen LogP contribution in [0, 0.1) is 0 Å². The van der Waals surface area contributed by atoms with Gasteiger partial charge in [-0.25, -0.2) is 9.50 Å². The Balaban J connectivity index is 2.66. The maximum atomic E-state index is 4.13. The van der Waals surface area contributed by atoms with Gasteiger partial charge in [0.25, 0.3) is 5.78 Å². The van der Waals surface area contributed by atoms with Crippen LogP contribution in [0.15, 0.2) is 17.1 Å². The fourth-order valence-electron chi connectivity index (χ4n) is 0.978. The van der Waals surface area contributed by atoms with E-state index in [0.717, 1.165) is 12.0 Å². The lowest BCUT2D eigenvalue weighted by atomic mass is 10.3. The molecule has 4 nitrogen and oxygen atoms in total. The molecule has 0 saturated carbocycles. The zero-order valence-electron chi connectivity index (χ0n) is 6.53. The zero-order chi connectivity index (χ0) is 8.55. The van der Waals surface area contributed by atoms with E-state index in [-0.39, 0.29) is 0 Å². The van der Waals surface area contributed by atoms with E-state index in [2.05, 4.69) is 37.9 Å². The van der Waals surface area contributed by atoms with Crippen molar-refractivity contribution < 1.29 is 0 Å². The molecule has 0 aromatic carbocycles. The molecule has 0 fully saturated rings. The van der Waals surface area contributed by atoms with Gasteiger partial charge in [-0.15, -0.1) is 5.10 Å². The standard InChI is InChI=1S/C7H7BrN4/c1-2-5-3-9-7-10-6(8)11-12(7)4-5/h3-4H,2H2,1H3. The first-order valence-corrected chi connectivity index (χ1v) is 4.45. The molecule has 0 unspecified atom stereocenters. The number of hydrogen-bond donors (Lipinski definition) is 0. The van der Waals surface area contributed by atoms with Crippen molar-refractivity contribution >= 4 is 21.7 Å². The Morgan fingerprint density at radius 1 is 1.58 bits per heavy atom. The smallest absolute Gasteiger partial charge is 0.219 e. The lowest BCUT2D eigenvalue weighted by Gasteiger charge is -1.94. The van der Waals surface area contributed by atoms with Crippen molar-refractivity contribution in [3.05, 3.63) is 22.7 Å². The summed E-state index contributed by atoms with van der Waals surface area (Å²) in [7, 11) is 0. The number of halogens is 1. The van der Waals surface area contributed by atoms with Crippen LogP contribution in [-0.2, 0) is 6.42 Å². The molecule has 0 bridgehead atoms. The summed E-state index contributed by atoms with van der Waals surface area (Å²) in [5, 5.41) is 4.08. The Morgan fingerprint density at radius 2 is 2.42 bits per heavy atom. The van der Waals surface area contributed by atoms with Gasteiger partial charge in [-0.3, -0.25) is 0 Å². The predicted octanol–water partition coefficient (Wildman–Crippen LogP) is 1.45. The van der Waals surface area contributed by atoms with Gasteiger partial charge < -0.3 is 0 Å². The second kappa shape index (κ2) is 2.82. The maximum absolute atomic E-state index is 4.13. The molecule has 0 N–H and O–H groups in total. The molecule has 12 heavy (non-hydrogen) atoms. The number of rotatable bonds is 1. The van der Waals surface area contributed by atoms with Crippen LogP contribution in [-0.4, -0.2) is 19.6 Å². The van der Waals surface area contributed by atoms with Crippen molar-refractivity contribution in [3.63, 3.8) is 0 Å². The molecular weight excluding hydrogens is 220 g/mol. The van der Waals surface area contributed by atoms with Crippen LogP contribution in [0.1, 0.15) is 12.5 Å². The highest BCUT2D eigenvalue weighted by atomic mass is 79.9. The van der Waals surface area contributed by atoms with Crippen LogP contribution < -0.4 is 0 Å². The minimum absolute atomic E-state index is 0.572. The fraction of sp³-hybridized carbons (Fsp3) is 0.286. The molecule has 2 aromatic rings. The third-order valence-electron chi connectivity index (χ3n) is 1.63. The highest BCUT2D eigenvalue weighted by molar-refractivity contribution is 9.10. The maximum Gasteiger partial charge on any atom is 0.253 e. The second-order valence-electron chi connectivity index (χ2n) is 2.44. The average Bonchev–Trinajstić information content (AvgIpc) is 2.43. The van der Waals surface area contributed by atoms with E-state index in [1.807, 2.05) is 12.4 Å². The summed E-state index contributed by atoms with van der Waals surface area (Å²) in [4.78, 5) is 8.18. The summed E-state index contributed by atoms with van der Waals surface area (Å²) >= 11 is 3.19. The normalized spacial score (nSPS) is 10.8. The molecule has 62 valence electrons. The Hall–Kier alpha value is -0.970. The van der Waals surface area contributed by atoms with Crippen molar-refractivity contribution in [1.82, 2.24) is 19.6 Å². The third-order valence-corrected chi connectivity index (χ3v) is 1.97. The predicted molar refractivity (Wildman–Crippen MR) is 47.9 cm³/mol. The van der Waals surface area contributed by atoms with Crippen LogP contribution in [0.3, 0.4) is 0 Å². The highest BCUT2D eigenvalue weighted by Gasteiger charge is 2.00. The molecular formula is C7H7BrN4. The number of hydrogen-bond acceptors (Lipinski definition) is 3. The molecule has 2 rings (SSSR count). The summed E-state index contributed by atoms with van der Waals surface area (Å²) in [6, 6.07) is 0.